The Bertz CT molecular complexity index is 1190. The van der Waals surface area contributed by atoms with E-state index >= 15 is 0 Å². The number of methoxy groups -OCH3 is 1. The first-order valence-corrected chi connectivity index (χ1v) is 10.3. The van der Waals surface area contributed by atoms with Crippen molar-refractivity contribution in [2.45, 2.75) is 25.7 Å². The molecular formula is C22H22N2O2S. The van der Waals surface area contributed by atoms with Crippen molar-refractivity contribution in [2.75, 3.05) is 12.9 Å². The van der Waals surface area contributed by atoms with E-state index in [4.69, 9.17) is 4.74 Å². The normalized spacial score (nSPS) is 12.6. The third kappa shape index (κ3) is 2.92. The minimum absolute atomic E-state index is 0.608. The summed E-state index contributed by atoms with van der Waals surface area (Å²) in [5.74, 6) is 1.44. The fourth-order valence-corrected chi connectivity index (χ4v) is 4.46. The predicted octanol–water partition coefficient (Wildman–Crippen LogP) is 5.14. The Labute approximate surface area is 161 Å². The highest BCUT2D eigenvalue weighted by Crippen LogP contribution is 2.41. The number of hydrogen-bond acceptors (Lipinski definition) is 3. The highest BCUT2D eigenvalue weighted by molar-refractivity contribution is 7.85. The Kier molecular flexibility index (Phi) is 4.48. The van der Waals surface area contributed by atoms with Crippen molar-refractivity contribution in [3.05, 3.63) is 53.7 Å². The minimum atomic E-state index is -0.986. The number of rotatable bonds is 4. The lowest BCUT2D eigenvalue weighted by molar-refractivity contribution is 0.416. The lowest BCUT2D eigenvalue weighted by atomic mass is 9.97. The number of benzene rings is 2. The maximum absolute atomic E-state index is 12.3. The molecular weight excluding hydrogens is 356 g/mol. The van der Waals surface area contributed by atoms with E-state index in [0.29, 0.717) is 5.75 Å². The van der Waals surface area contributed by atoms with E-state index in [9.17, 15) is 4.21 Å². The van der Waals surface area contributed by atoms with Gasteiger partial charge in [-0.25, -0.2) is 4.98 Å². The van der Waals surface area contributed by atoms with Gasteiger partial charge in [-0.15, -0.1) is 0 Å². The lowest BCUT2D eigenvalue weighted by Crippen LogP contribution is -1.95. The van der Waals surface area contributed by atoms with Crippen LogP contribution in [0.1, 0.15) is 18.1 Å². The molecule has 1 atom stereocenters. The average molecular weight is 378 g/mol. The summed E-state index contributed by atoms with van der Waals surface area (Å²) in [7, 11) is 0.706. The van der Waals surface area contributed by atoms with Crippen molar-refractivity contribution in [3.8, 4) is 16.9 Å². The molecule has 0 saturated heterocycles. The number of ether oxygens (including phenoxy) is 1. The Morgan fingerprint density at radius 3 is 2.74 bits per heavy atom. The van der Waals surface area contributed by atoms with Crippen LogP contribution in [-0.2, 0) is 10.8 Å². The maximum atomic E-state index is 12.3. The van der Waals surface area contributed by atoms with Crippen LogP contribution in [0.2, 0.25) is 0 Å². The maximum Gasteiger partial charge on any atom is 0.145 e. The highest BCUT2D eigenvalue weighted by Gasteiger charge is 2.18. The Hall–Kier alpha value is -2.66. The van der Waals surface area contributed by atoms with Crippen molar-refractivity contribution in [1.82, 2.24) is 9.97 Å². The molecule has 0 saturated carbocycles. The number of H-pyrrole nitrogens is 1. The summed E-state index contributed by atoms with van der Waals surface area (Å²) < 4.78 is 18.0. The summed E-state index contributed by atoms with van der Waals surface area (Å²) in [5, 5.41) is 2.16. The standard InChI is InChI=1S/C22H22N2O2S/c1-5-27(25)16-8-6-7-15(11-16)17-10-14(3)21(26-4)20-19(17)18-9-13(2)12-23-22(18)24-20/h6-12H,5H2,1-4H3,(H,23,24). The van der Waals surface area contributed by atoms with Crippen LogP contribution in [-0.4, -0.2) is 27.0 Å². The van der Waals surface area contributed by atoms with Crippen molar-refractivity contribution in [3.63, 3.8) is 0 Å². The van der Waals surface area contributed by atoms with Gasteiger partial charge in [-0.3, -0.25) is 4.21 Å². The Morgan fingerprint density at radius 1 is 1.19 bits per heavy atom. The number of aromatic nitrogens is 2. The van der Waals surface area contributed by atoms with Crippen LogP contribution in [0.3, 0.4) is 0 Å². The van der Waals surface area contributed by atoms with Gasteiger partial charge in [0.15, 0.2) is 0 Å². The number of pyridine rings is 1. The summed E-state index contributed by atoms with van der Waals surface area (Å²) in [6.45, 7) is 6.02. The Morgan fingerprint density at radius 2 is 2.00 bits per heavy atom. The minimum Gasteiger partial charge on any atom is -0.494 e. The molecule has 2 aromatic carbocycles. The molecule has 5 heteroatoms. The van der Waals surface area contributed by atoms with Crippen LogP contribution in [0.15, 0.2) is 47.5 Å². The van der Waals surface area contributed by atoms with Gasteiger partial charge < -0.3 is 9.72 Å². The van der Waals surface area contributed by atoms with Gasteiger partial charge in [0, 0.05) is 27.6 Å². The molecule has 0 aliphatic carbocycles. The summed E-state index contributed by atoms with van der Waals surface area (Å²) in [5.41, 5.74) is 6.08. The van der Waals surface area contributed by atoms with Crippen molar-refractivity contribution in [1.29, 1.82) is 0 Å². The van der Waals surface area contributed by atoms with Gasteiger partial charge in [-0.2, -0.15) is 0 Å². The molecule has 0 aliphatic rings. The first kappa shape index (κ1) is 17.7. The van der Waals surface area contributed by atoms with E-state index in [2.05, 4.69) is 28.2 Å². The summed E-state index contributed by atoms with van der Waals surface area (Å²) in [6.07, 6.45) is 1.86. The van der Waals surface area contributed by atoms with Crippen LogP contribution < -0.4 is 4.74 Å². The summed E-state index contributed by atoms with van der Waals surface area (Å²) in [6, 6.07) is 12.3. The molecule has 0 spiro atoms. The van der Waals surface area contributed by atoms with Crippen LogP contribution in [0.5, 0.6) is 5.75 Å². The molecule has 27 heavy (non-hydrogen) atoms. The molecule has 0 amide bonds. The molecule has 0 bridgehead atoms. The molecule has 4 aromatic rings. The first-order chi connectivity index (χ1) is 13.0. The van der Waals surface area contributed by atoms with Gasteiger partial charge in [0.2, 0.25) is 0 Å². The van der Waals surface area contributed by atoms with E-state index in [0.717, 1.165) is 54.8 Å². The number of nitrogens with zero attached hydrogens (tertiary/aromatic N) is 1. The molecule has 2 aromatic heterocycles. The molecule has 138 valence electrons. The van der Waals surface area contributed by atoms with Gasteiger partial charge in [-0.1, -0.05) is 19.1 Å². The summed E-state index contributed by atoms with van der Waals surface area (Å²) in [4.78, 5) is 8.84. The third-order valence-electron chi connectivity index (χ3n) is 4.88. The van der Waals surface area contributed by atoms with E-state index < -0.39 is 10.8 Å². The van der Waals surface area contributed by atoms with Crippen LogP contribution in [0, 0.1) is 13.8 Å². The molecule has 0 fully saturated rings. The topological polar surface area (TPSA) is 55.0 Å². The number of nitrogens with one attached hydrogen (secondary N) is 1. The molecule has 4 nitrogen and oxygen atoms in total. The second kappa shape index (κ2) is 6.82. The number of aryl methyl sites for hydroxylation is 2. The van der Waals surface area contributed by atoms with Gasteiger partial charge in [0.1, 0.15) is 11.4 Å². The molecule has 2 heterocycles. The monoisotopic (exact) mass is 378 g/mol. The molecule has 0 aliphatic heterocycles. The fourth-order valence-electron chi connectivity index (χ4n) is 3.64. The second-order valence-electron chi connectivity index (χ2n) is 6.72. The smallest absolute Gasteiger partial charge is 0.145 e. The SMILES string of the molecule is CCS(=O)c1cccc(-c2cc(C)c(OC)c3[nH]c4ncc(C)cc4c23)c1. The fraction of sp³-hybridized carbons (Fsp3) is 0.227. The number of fused-ring (bicyclic) bond motifs is 3. The van der Waals surface area contributed by atoms with Gasteiger partial charge >= 0.3 is 0 Å². The largest absolute Gasteiger partial charge is 0.494 e. The zero-order chi connectivity index (χ0) is 19.1. The number of hydrogen-bond donors (Lipinski definition) is 1. The van der Waals surface area contributed by atoms with Crippen molar-refractivity contribution < 1.29 is 8.95 Å². The first-order valence-electron chi connectivity index (χ1n) is 8.98. The molecule has 1 N–H and O–H groups in total. The van der Waals surface area contributed by atoms with E-state index in [1.807, 2.05) is 45.2 Å². The zero-order valence-electron chi connectivity index (χ0n) is 15.9. The molecule has 0 radical (unpaired) electrons. The van der Waals surface area contributed by atoms with Gasteiger partial charge in [0.05, 0.1) is 23.4 Å². The lowest BCUT2D eigenvalue weighted by Gasteiger charge is -2.12. The zero-order valence-corrected chi connectivity index (χ0v) is 16.7. The van der Waals surface area contributed by atoms with E-state index in [1.54, 1.807) is 7.11 Å². The van der Waals surface area contributed by atoms with Crippen LogP contribution in [0.25, 0.3) is 33.1 Å². The second-order valence-corrected chi connectivity index (χ2v) is 8.46. The van der Waals surface area contributed by atoms with Crippen LogP contribution in [0.4, 0.5) is 0 Å². The predicted molar refractivity (Wildman–Crippen MR) is 112 cm³/mol. The third-order valence-corrected chi connectivity index (χ3v) is 6.18. The molecule has 4 rings (SSSR count). The summed E-state index contributed by atoms with van der Waals surface area (Å²) >= 11 is 0. The average Bonchev–Trinajstić information content (AvgIpc) is 3.05. The van der Waals surface area contributed by atoms with E-state index in [-0.39, 0.29) is 0 Å². The quantitative estimate of drug-likeness (QED) is 0.535. The molecule has 1 unspecified atom stereocenters. The van der Waals surface area contributed by atoms with E-state index in [1.165, 1.54) is 0 Å². The van der Waals surface area contributed by atoms with Crippen LogP contribution >= 0.6 is 0 Å². The van der Waals surface area contributed by atoms with Gasteiger partial charge in [0.25, 0.3) is 0 Å². The Balaban J connectivity index is 2.10. The number of aromatic amines is 1. The van der Waals surface area contributed by atoms with Crippen molar-refractivity contribution in [2.24, 2.45) is 0 Å². The van der Waals surface area contributed by atoms with Crippen molar-refractivity contribution >= 4 is 32.7 Å². The highest BCUT2D eigenvalue weighted by atomic mass is 32.2. The van der Waals surface area contributed by atoms with Gasteiger partial charge in [-0.05, 0) is 60.4 Å².